The molecule has 2 aromatic carbocycles. The number of hydrogen-bond acceptors (Lipinski definition) is 4. The summed E-state index contributed by atoms with van der Waals surface area (Å²) in [4.78, 5) is 2.07. The van der Waals surface area contributed by atoms with Gasteiger partial charge in [-0.2, -0.15) is 5.26 Å². The Morgan fingerprint density at radius 1 is 1.22 bits per heavy atom. The molecule has 0 spiro atoms. The molecule has 0 saturated carbocycles. The molecule has 23 heavy (non-hydrogen) atoms. The minimum atomic E-state index is -0.577. The van der Waals surface area contributed by atoms with Crippen molar-refractivity contribution in [2.24, 2.45) is 0 Å². The maximum atomic E-state index is 10.3. The molecule has 0 fully saturated rings. The van der Waals surface area contributed by atoms with Crippen LogP contribution in [0.15, 0.2) is 42.5 Å². The van der Waals surface area contributed by atoms with Gasteiger partial charge in [0.05, 0.1) is 24.8 Å². The molecule has 0 radical (unpaired) electrons. The maximum Gasteiger partial charge on any atom is 0.121 e. The number of nitriles is 1. The van der Waals surface area contributed by atoms with Crippen molar-refractivity contribution in [1.29, 1.82) is 5.26 Å². The van der Waals surface area contributed by atoms with Gasteiger partial charge in [-0.1, -0.05) is 24.3 Å². The summed E-state index contributed by atoms with van der Waals surface area (Å²) < 4.78 is 5.27. The first-order chi connectivity index (χ1) is 11.0. The molecule has 4 heteroatoms. The van der Waals surface area contributed by atoms with E-state index < -0.39 is 6.10 Å². The second-order valence-electron chi connectivity index (χ2n) is 5.75. The second kappa shape index (κ2) is 7.77. The number of ether oxygens (including phenoxy) is 1. The van der Waals surface area contributed by atoms with Gasteiger partial charge in [0.25, 0.3) is 0 Å². The predicted octanol–water partition coefficient (Wildman–Crippen LogP) is 3.04. The van der Waals surface area contributed by atoms with Crippen molar-refractivity contribution in [2.75, 3.05) is 20.7 Å². The third-order valence-electron chi connectivity index (χ3n) is 3.82. The van der Waals surface area contributed by atoms with Crippen LogP contribution in [-0.4, -0.2) is 30.7 Å². The second-order valence-corrected chi connectivity index (χ2v) is 5.75. The third-order valence-corrected chi connectivity index (χ3v) is 3.82. The summed E-state index contributed by atoms with van der Waals surface area (Å²) in [5.41, 5.74) is 3.70. The van der Waals surface area contributed by atoms with Crippen molar-refractivity contribution in [3.05, 3.63) is 64.7 Å². The van der Waals surface area contributed by atoms with E-state index in [0.717, 1.165) is 23.4 Å². The van der Waals surface area contributed by atoms with Crippen LogP contribution in [0.3, 0.4) is 0 Å². The van der Waals surface area contributed by atoms with E-state index in [-0.39, 0.29) is 0 Å². The van der Waals surface area contributed by atoms with E-state index in [1.165, 1.54) is 5.56 Å². The Kier molecular flexibility index (Phi) is 5.75. The Morgan fingerprint density at radius 2 is 1.91 bits per heavy atom. The molecular weight excluding hydrogens is 288 g/mol. The average molecular weight is 310 g/mol. The number of rotatable bonds is 6. The van der Waals surface area contributed by atoms with E-state index in [9.17, 15) is 5.11 Å². The van der Waals surface area contributed by atoms with E-state index in [4.69, 9.17) is 10.00 Å². The summed E-state index contributed by atoms with van der Waals surface area (Å²) in [7, 11) is 3.65. The van der Waals surface area contributed by atoms with Gasteiger partial charge in [-0.05, 0) is 48.9 Å². The van der Waals surface area contributed by atoms with Gasteiger partial charge < -0.3 is 9.84 Å². The average Bonchev–Trinajstić information content (AvgIpc) is 2.55. The predicted molar refractivity (Wildman–Crippen MR) is 90.2 cm³/mol. The van der Waals surface area contributed by atoms with Crippen molar-refractivity contribution >= 4 is 0 Å². The zero-order valence-electron chi connectivity index (χ0n) is 13.8. The largest absolute Gasteiger partial charge is 0.496 e. The Balaban J connectivity index is 1.96. The summed E-state index contributed by atoms with van der Waals surface area (Å²) in [5.74, 6) is 0.883. The fraction of sp³-hybridized carbons (Fsp3) is 0.316. The molecule has 0 bridgehead atoms. The highest BCUT2D eigenvalue weighted by atomic mass is 16.5. The highest BCUT2D eigenvalue weighted by Crippen LogP contribution is 2.20. The van der Waals surface area contributed by atoms with Crippen LogP contribution in [-0.2, 0) is 6.54 Å². The number of aliphatic hydroxyl groups excluding tert-OH is 1. The lowest BCUT2D eigenvalue weighted by Gasteiger charge is -2.21. The van der Waals surface area contributed by atoms with Crippen LogP contribution in [0.5, 0.6) is 5.75 Å². The SMILES string of the molecule is COc1ccc(CN(C)CC(O)c2ccc(C#N)cc2)cc1C. The molecule has 0 aromatic heterocycles. The number of nitrogens with zero attached hydrogens (tertiary/aromatic N) is 2. The molecule has 0 heterocycles. The quantitative estimate of drug-likeness (QED) is 0.891. The molecule has 0 aliphatic carbocycles. The molecule has 1 atom stereocenters. The van der Waals surface area contributed by atoms with Gasteiger partial charge in [-0.15, -0.1) is 0 Å². The number of aryl methyl sites for hydroxylation is 1. The summed E-state index contributed by atoms with van der Waals surface area (Å²) in [6.07, 6.45) is -0.577. The third kappa shape index (κ3) is 4.56. The minimum Gasteiger partial charge on any atom is -0.496 e. The lowest BCUT2D eigenvalue weighted by atomic mass is 10.1. The number of likely N-dealkylation sites (N-methyl/N-ethyl adjacent to an activating group) is 1. The summed E-state index contributed by atoms with van der Waals surface area (Å²) in [5, 5.41) is 19.1. The summed E-state index contributed by atoms with van der Waals surface area (Å²) in [6.45, 7) is 3.29. The molecule has 0 amide bonds. The van der Waals surface area contributed by atoms with Crippen LogP contribution in [0.1, 0.15) is 28.4 Å². The van der Waals surface area contributed by atoms with Crippen LogP contribution in [0.2, 0.25) is 0 Å². The molecule has 1 unspecified atom stereocenters. The number of hydrogen-bond donors (Lipinski definition) is 1. The fourth-order valence-electron chi connectivity index (χ4n) is 2.60. The number of methoxy groups -OCH3 is 1. The van der Waals surface area contributed by atoms with E-state index in [1.54, 1.807) is 31.4 Å². The standard InChI is InChI=1S/C19H22N2O2/c1-14-10-16(6-9-19(14)23-3)12-21(2)13-18(22)17-7-4-15(11-20)5-8-17/h4-10,18,22H,12-13H2,1-3H3. The van der Waals surface area contributed by atoms with Gasteiger partial charge in [0.15, 0.2) is 0 Å². The molecule has 0 aliphatic heterocycles. The highest BCUT2D eigenvalue weighted by molar-refractivity contribution is 5.36. The Hall–Kier alpha value is -2.35. The first-order valence-electron chi connectivity index (χ1n) is 7.53. The molecule has 120 valence electrons. The smallest absolute Gasteiger partial charge is 0.121 e. The summed E-state index contributed by atoms with van der Waals surface area (Å²) in [6, 6.07) is 15.2. The fourth-order valence-corrected chi connectivity index (χ4v) is 2.60. The van der Waals surface area contributed by atoms with E-state index in [2.05, 4.69) is 17.0 Å². The normalized spacial score (nSPS) is 12.0. The Morgan fingerprint density at radius 3 is 2.48 bits per heavy atom. The lowest BCUT2D eigenvalue weighted by Crippen LogP contribution is -2.24. The molecule has 1 N–H and O–H groups in total. The first kappa shape index (κ1) is 17.0. The van der Waals surface area contributed by atoms with E-state index in [0.29, 0.717) is 12.1 Å². The molecule has 2 rings (SSSR count). The zero-order chi connectivity index (χ0) is 16.8. The first-order valence-corrected chi connectivity index (χ1v) is 7.53. The number of benzene rings is 2. The van der Waals surface area contributed by atoms with Crippen molar-refractivity contribution in [1.82, 2.24) is 4.90 Å². The lowest BCUT2D eigenvalue weighted by molar-refractivity contribution is 0.124. The van der Waals surface area contributed by atoms with Gasteiger partial charge in [-0.3, -0.25) is 4.90 Å². The van der Waals surface area contributed by atoms with Crippen LogP contribution < -0.4 is 4.74 Å². The van der Waals surface area contributed by atoms with Crippen LogP contribution in [0.4, 0.5) is 0 Å². The van der Waals surface area contributed by atoms with E-state index >= 15 is 0 Å². The van der Waals surface area contributed by atoms with Gasteiger partial charge in [-0.25, -0.2) is 0 Å². The Bertz CT molecular complexity index is 690. The van der Waals surface area contributed by atoms with Gasteiger partial charge in [0.2, 0.25) is 0 Å². The van der Waals surface area contributed by atoms with E-state index in [1.807, 2.05) is 26.1 Å². The van der Waals surface area contributed by atoms with Gasteiger partial charge in [0, 0.05) is 13.1 Å². The van der Waals surface area contributed by atoms with Crippen LogP contribution in [0, 0.1) is 18.3 Å². The van der Waals surface area contributed by atoms with Crippen molar-refractivity contribution in [3.63, 3.8) is 0 Å². The van der Waals surface area contributed by atoms with Gasteiger partial charge in [0.1, 0.15) is 5.75 Å². The highest BCUT2D eigenvalue weighted by Gasteiger charge is 2.11. The monoisotopic (exact) mass is 310 g/mol. The number of aliphatic hydroxyl groups is 1. The maximum absolute atomic E-state index is 10.3. The molecule has 0 aliphatic rings. The van der Waals surface area contributed by atoms with Gasteiger partial charge >= 0.3 is 0 Å². The molecular formula is C19H22N2O2. The van der Waals surface area contributed by atoms with Crippen LogP contribution in [0.25, 0.3) is 0 Å². The Labute approximate surface area is 137 Å². The zero-order valence-corrected chi connectivity index (χ0v) is 13.8. The van der Waals surface area contributed by atoms with Crippen molar-refractivity contribution in [3.8, 4) is 11.8 Å². The topological polar surface area (TPSA) is 56.5 Å². The summed E-state index contributed by atoms with van der Waals surface area (Å²) >= 11 is 0. The molecule has 0 saturated heterocycles. The molecule has 4 nitrogen and oxygen atoms in total. The molecule has 2 aromatic rings. The van der Waals surface area contributed by atoms with Crippen molar-refractivity contribution < 1.29 is 9.84 Å². The van der Waals surface area contributed by atoms with Crippen molar-refractivity contribution in [2.45, 2.75) is 19.6 Å². The minimum absolute atomic E-state index is 0.525. The van der Waals surface area contributed by atoms with Crippen LogP contribution >= 0.6 is 0 Å².